The SMILES string of the molecule is Cc1cncc2c1C(O)CC2C. The zero-order valence-electron chi connectivity index (χ0n) is 7.41. The molecule has 0 aromatic carbocycles. The topological polar surface area (TPSA) is 33.1 Å². The lowest BCUT2D eigenvalue weighted by atomic mass is 10.0. The monoisotopic (exact) mass is 163 g/mol. The molecule has 0 aliphatic heterocycles. The zero-order chi connectivity index (χ0) is 8.72. The van der Waals surface area contributed by atoms with Crippen molar-refractivity contribution < 1.29 is 5.11 Å². The molecule has 0 saturated carbocycles. The number of aromatic nitrogens is 1. The Labute approximate surface area is 72.3 Å². The molecule has 12 heavy (non-hydrogen) atoms. The van der Waals surface area contributed by atoms with Crippen LogP contribution in [0.2, 0.25) is 0 Å². The van der Waals surface area contributed by atoms with Gasteiger partial charge in [-0.1, -0.05) is 6.92 Å². The zero-order valence-corrected chi connectivity index (χ0v) is 7.41. The Morgan fingerprint density at radius 1 is 1.50 bits per heavy atom. The predicted molar refractivity (Wildman–Crippen MR) is 47.0 cm³/mol. The van der Waals surface area contributed by atoms with E-state index in [1.165, 1.54) is 5.56 Å². The third kappa shape index (κ3) is 0.950. The molecule has 2 heteroatoms. The summed E-state index contributed by atoms with van der Waals surface area (Å²) in [6.07, 6.45) is 4.28. The van der Waals surface area contributed by atoms with Crippen LogP contribution in [0.25, 0.3) is 0 Å². The molecule has 0 saturated heterocycles. The van der Waals surface area contributed by atoms with Crippen LogP contribution >= 0.6 is 0 Å². The summed E-state index contributed by atoms with van der Waals surface area (Å²) in [5, 5.41) is 9.70. The number of aliphatic hydroxyl groups is 1. The Morgan fingerprint density at radius 2 is 2.25 bits per heavy atom. The van der Waals surface area contributed by atoms with Crippen LogP contribution in [-0.4, -0.2) is 10.1 Å². The molecular formula is C10H13NO. The summed E-state index contributed by atoms with van der Waals surface area (Å²) in [6.45, 7) is 4.14. The van der Waals surface area contributed by atoms with Gasteiger partial charge in [-0.3, -0.25) is 4.98 Å². The van der Waals surface area contributed by atoms with Crippen LogP contribution in [0.5, 0.6) is 0 Å². The molecule has 1 heterocycles. The molecule has 2 atom stereocenters. The van der Waals surface area contributed by atoms with Crippen molar-refractivity contribution >= 4 is 0 Å². The molecule has 0 spiro atoms. The Hall–Kier alpha value is -0.890. The summed E-state index contributed by atoms with van der Waals surface area (Å²) in [5.74, 6) is 0.461. The minimum Gasteiger partial charge on any atom is -0.388 e. The van der Waals surface area contributed by atoms with E-state index in [9.17, 15) is 5.11 Å². The molecule has 1 aromatic heterocycles. The van der Waals surface area contributed by atoms with E-state index in [0.29, 0.717) is 5.92 Å². The lowest BCUT2D eigenvalue weighted by Gasteiger charge is -2.06. The molecule has 0 fully saturated rings. The fourth-order valence-corrected chi connectivity index (χ4v) is 2.02. The Morgan fingerprint density at radius 3 is 2.92 bits per heavy atom. The summed E-state index contributed by atoms with van der Waals surface area (Å²) in [5.41, 5.74) is 3.45. The second-order valence-corrected chi connectivity index (χ2v) is 3.61. The van der Waals surface area contributed by atoms with Gasteiger partial charge in [-0.25, -0.2) is 0 Å². The van der Waals surface area contributed by atoms with Crippen LogP contribution in [0.15, 0.2) is 12.4 Å². The van der Waals surface area contributed by atoms with Crippen LogP contribution in [-0.2, 0) is 0 Å². The van der Waals surface area contributed by atoms with Crippen molar-refractivity contribution in [2.24, 2.45) is 0 Å². The van der Waals surface area contributed by atoms with Gasteiger partial charge in [0.2, 0.25) is 0 Å². The number of rotatable bonds is 0. The van der Waals surface area contributed by atoms with Gasteiger partial charge in [0.1, 0.15) is 0 Å². The summed E-state index contributed by atoms with van der Waals surface area (Å²) in [7, 11) is 0. The number of hydrogen-bond donors (Lipinski definition) is 1. The van der Waals surface area contributed by atoms with Gasteiger partial charge in [-0.05, 0) is 36.0 Å². The van der Waals surface area contributed by atoms with Crippen molar-refractivity contribution in [3.05, 3.63) is 29.1 Å². The van der Waals surface area contributed by atoms with Crippen LogP contribution in [0.1, 0.15) is 42.1 Å². The number of pyridine rings is 1. The Bertz CT molecular complexity index is 309. The lowest BCUT2D eigenvalue weighted by molar-refractivity contribution is 0.174. The first-order chi connectivity index (χ1) is 5.70. The van der Waals surface area contributed by atoms with E-state index in [1.54, 1.807) is 0 Å². The third-order valence-electron chi connectivity index (χ3n) is 2.66. The third-order valence-corrected chi connectivity index (χ3v) is 2.66. The predicted octanol–water partition coefficient (Wildman–Crippen LogP) is 1.93. The largest absolute Gasteiger partial charge is 0.388 e. The molecule has 1 aliphatic rings. The van der Waals surface area contributed by atoms with Crippen LogP contribution in [0.4, 0.5) is 0 Å². The fourth-order valence-electron chi connectivity index (χ4n) is 2.02. The fraction of sp³-hybridized carbons (Fsp3) is 0.500. The highest BCUT2D eigenvalue weighted by atomic mass is 16.3. The van der Waals surface area contributed by atoms with Gasteiger partial charge in [0, 0.05) is 12.4 Å². The van der Waals surface area contributed by atoms with Gasteiger partial charge in [-0.15, -0.1) is 0 Å². The average molecular weight is 163 g/mol. The molecule has 2 nitrogen and oxygen atoms in total. The molecule has 2 rings (SSSR count). The summed E-state index contributed by atoms with van der Waals surface area (Å²) in [6, 6.07) is 0. The standard InChI is InChI=1S/C10H13NO/c1-6-3-9(12)10-7(2)4-11-5-8(6)10/h4-6,9,12H,3H2,1-2H3. The molecule has 0 amide bonds. The summed E-state index contributed by atoms with van der Waals surface area (Å²) in [4.78, 5) is 4.13. The van der Waals surface area contributed by atoms with Gasteiger partial charge in [-0.2, -0.15) is 0 Å². The van der Waals surface area contributed by atoms with Gasteiger partial charge in [0.25, 0.3) is 0 Å². The maximum absolute atomic E-state index is 9.70. The second kappa shape index (κ2) is 2.56. The summed E-state index contributed by atoms with van der Waals surface area (Å²) >= 11 is 0. The van der Waals surface area contributed by atoms with Gasteiger partial charge >= 0.3 is 0 Å². The number of fused-ring (bicyclic) bond motifs is 1. The maximum atomic E-state index is 9.70. The highest BCUT2D eigenvalue weighted by Gasteiger charge is 2.27. The molecule has 0 radical (unpaired) electrons. The van der Waals surface area contributed by atoms with Crippen LogP contribution < -0.4 is 0 Å². The summed E-state index contributed by atoms with van der Waals surface area (Å²) < 4.78 is 0. The van der Waals surface area contributed by atoms with E-state index >= 15 is 0 Å². The molecule has 1 aromatic rings. The number of aliphatic hydroxyl groups excluding tert-OH is 1. The van der Waals surface area contributed by atoms with E-state index < -0.39 is 0 Å². The Balaban J connectivity index is 2.59. The maximum Gasteiger partial charge on any atom is 0.0802 e. The minimum absolute atomic E-state index is 0.266. The molecule has 1 N–H and O–H groups in total. The first-order valence-electron chi connectivity index (χ1n) is 4.32. The first-order valence-corrected chi connectivity index (χ1v) is 4.32. The minimum atomic E-state index is -0.266. The number of nitrogens with zero attached hydrogens (tertiary/aromatic N) is 1. The molecule has 1 aliphatic carbocycles. The van der Waals surface area contributed by atoms with Crippen molar-refractivity contribution in [1.82, 2.24) is 4.98 Å². The van der Waals surface area contributed by atoms with E-state index in [-0.39, 0.29) is 6.10 Å². The average Bonchev–Trinajstić information content (AvgIpc) is 2.29. The second-order valence-electron chi connectivity index (χ2n) is 3.61. The van der Waals surface area contributed by atoms with Crippen LogP contribution in [0, 0.1) is 6.92 Å². The van der Waals surface area contributed by atoms with Gasteiger partial charge in [0.15, 0.2) is 0 Å². The van der Waals surface area contributed by atoms with Gasteiger partial charge in [0.05, 0.1) is 6.10 Å². The van der Waals surface area contributed by atoms with Crippen molar-refractivity contribution in [2.75, 3.05) is 0 Å². The van der Waals surface area contributed by atoms with E-state index in [2.05, 4.69) is 11.9 Å². The van der Waals surface area contributed by atoms with Crippen molar-refractivity contribution in [3.8, 4) is 0 Å². The van der Waals surface area contributed by atoms with Gasteiger partial charge < -0.3 is 5.11 Å². The van der Waals surface area contributed by atoms with E-state index in [4.69, 9.17) is 0 Å². The van der Waals surface area contributed by atoms with Crippen molar-refractivity contribution in [2.45, 2.75) is 32.3 Å². The quantitative estimate of drug-likeness (QED) is 0.634. The number of aryl methyl sites for hydroxylation is 1. The van der Waals surface area contributed by atoms with Crippen molar-refractivity contribution in [1.29, 1.82) is 0 Å². The molecule has 64 valence electrons. The van der Waals surface area contributed by atoms with Crippen LogP contribution in [0.3, 0.4) is 0 Å². The highest BCUT2D eigenvalue weighted by molar-refractivity contribution is 5.39. The number of hydrogen-bond acceptors (Lipinski definition) is 2. The Kier molecular flexibility index (Phi) is 1.65. The smallest absolute Gasteiger partial charge is 0.0802 e. The van der Waals surface area contributed by atoms with E-state index in [1.807, 2.05) is 19.3 Å². The normalized spacial score (nSPS) is 27.2. The lowest BCUT2D eigenvalue weighted by Crippen LogP contribution is -1.94. The molecule has 0 bridgehead atoms. The first kappa shape index (κ1) is 7.74. The molecule has 2 unspecified atom stereocenters. The van der Waals surface area contributed by atoms with E-state index in [0.717, 1.165) is 17.5 Å². The highest BCUT2D eigenvalue weighted by Crippen LogP contribution is 2.40. The van der Waals surface area contributed by atoms with Crippen molar-refractivity contribution in [3.63, 3.8) is 0 Å². The molecular weight excluding hydrogens is 150 g/mol.